The van der Waals surface area contributed by atoms with E-state index in [1.165, 1.54) is 0 Å². The van der Waals surface area contributed by atoms with Gasteiger partial charge in [0.05, 0.1) is 91.3 Å². The lowest BCUT2D eigenvalue weighted by Crippen LogP contribution is -1.92. The van der Waals surface area contributed by atoms with Crippen molar-refractivity contribution < 1.29 is 65.4 Å². The van der Waals surface area contributed by atoms with E-state index in [2.05, 4.69) is 59.7 Å². The van der Waals surface area contributed by atoms with Crippen molar-refractivity contribution in [1.29, 1.82) is 0 Å². The number of benzene rings is 8. The van der Waals surface area contributed by atoms with Crippen LogP contribution in [0.5, 0.6) is 11.5 Å². The second-order valence-electron chi connectivity index (χ2n) is 14.4. The molecule has 0 saturated heterocycles. The van der Waals surface area contributed by atoms with Crippen molar-refractivity contribution in [3.63, 3.8) is 0 Å². The van der Waals surface area contributed by atoms with Gasteiger partial charge in [-0.15, -0.1) is 29.1 Å². The molecule has 0 unspecified atom stereocenters. The van der Waals surface area contributed by atoms with Crippen LogP contribution in [0.3, 0.4) is 0 Å². The van der Waals surface area contributed by atoms with Crippen LogP contribution in [0, 0.1) is 0 Å². The van der Waals surface area contributed by atoms with Crippen LogP contribution in [0.15, 0.2) is 208 Å². The number of hydrogen-bond donors (Lipinski definition) is 8. The van der Waals surface area contributed by atoms with Gasteiger partial charge in [-0.3, -0.25) is 9.11 Å². The SMILES string of the molecule is CC.CC.CC.CC.CC.CC.CC.CC.CS(=O)(=O)O.CS(=O)(=O)O.Nc1c(N=Nc2ccccc2)c(SOOO)cc2ccc(N=Nc3ccccc3)c(O)c12.Nc1c(N=Nc2ccccc2)ccc2cc(SOOO)c(N=Nc3ccccc3)c(O)c12. The van der Waals surface area contributed by atoms with Crippen molar-refractivity contribution >= 4 is 123 Å². The Kier molecular flexibility index (Phi) is 53.3. The molecule has 8 aromatic carbocycles. The van der Waals surface area contributed by atoms with Gasteiger partial charge < -0.3 is 21.7 Å². The van der Waals surface area contributed by atoms with Crippen molar-refractivity contribution in [3.05, 3.63) is 158 Å². The highest BCUT2D eigenvalue weighted by molar-refractivity contribution is 7.95. The van der Waals surface area contributed by atoms with Gasteiger partial charge in [0.25, 0.3) is 20.2 Å². The molecule has 90 heavy (non-hydrogen) atoms. The van der Waals surface area contributed by atoms with Gasteiger partial charge in [0.2, 0.25) is 0 Å². The maximum Gasteiger partial charge on any atom is 0.261 e. The topological polar surface area (TPSA) is 378 Å². The zero-order chi connectivity index (χ0) is 69.7. The predicted octanol–water partition coefficient (Wildman–Crippen LogP) is 22.0. The number of phenolic OH excluding ortho intramolecular Hbond substituents is 2. The van der Waals surface area contributed by atoms with Crippen LogP contribution >= 0.6 is 24.1 Å². The predicted molar refractivity (Wildman–Crippen MR) is 370 cm³/mol. The second kappa shape index (κ2) is 54.1. The molecule has 8 rings (SSSR count). The molecule has 0 fully saturated rings. The van der Waals surface area contributed by atoms with Crippen LogP contribution < -0.4 is 11.5 Å². The number of azo groups is 4. The summed E-state index contributed by atoms with van der Waals surface area (Å²) in [6.07, 6.45) is 1.43. The monoisotopic (exact) mass is 1330 g/mol. The molecular weight excluding hydrogens is 1240 g/mol. The molecule has 10 N–H and O–H groups in total. The van der Waals surface area contributed by atoms with E-state index in [0.29, 0.717) is 96.4 Å². The van der Waals surface area contributed by atoms with Gasteiger partial charge >= 0.3 is 0 Å². The van der Waals surface area contributed by atoms with Crippen molar-refractivity contribution in [1.82, 2.24) is 0 Å². The minimum atomic E-state index is -3.67. The number of fused-ring (bicyclic) bond motifs is 2. The summed E-state index contributed by atoms with van der Waals surface area (Å²) in [5.74, 6) is -0.368. The van der Waals surface area contributed by atoms with Gasteiger partial charge in [-0.25, -0.2) is 10.5 Å². The van der Waals surface area contributed by atoms with E-state index in [1.54, 1.807) is 72.8 Å². The number of phenols is 2. The Bertz CT molecular complexity index is 3260. The first-order valence-corrected chi connectivity index (χ1v) is 33.7. The van der Waals surface area contributed by atoms with Crippen molar-refractivity contribution in [2.24, 2.45) is 40.9 Å². The van der Waals surface area contributed by atoms with Crippen molar-refractivity contribution in [2.45, 2.75) is 121 Å². The summed E-state index contributed by atoms with van der Waals surface area (Å²) in [5, 5.41) is 81.7. The maximum absolute atomic E-state index is 11.0. The van der Waals surface area contributed by atoms with E-state index < -0.39 is 20.2 Å². The Hall–Kier alpha value is -7.84. The largest absolute Gasteiger partial charge is 0.505 e. The van der Waals surface area contributed by atoms with E-state index in [0.717, 1.165) is 0 Å². The summed E-state index contributed by atoms with van der Waals surface area (Å²) in [7, 11) is -7.33. The standard InChI is InChI=1S/2C22H17N5O4S.8C2H6.2CH4O3S/c23-20-19-14(11-12-17(22(19)28)26-24-15-7-3-1-4-8-15)13-18(32-31-30-29)21(20)27-25-16-9-5-2-6-10-16;23-20-17(26-24-15-7-3-1-4-8-15)12-11-14-13-18(32-31-30-29)21(22(28)19(14)20)27-25-16-9-5-2-6-10-16;8*1-2;2*1-5(2,3)4/h2*1-13,28-29H,23H2;8*1-2H3;2*1H3,(H,2,3,4). The average molecular weight is 1330 g/mol. The number of nitrogen functional groups attached to an aromatic ring is 2. The quantitative estimate of drug-likeness (QED) is 0.0125. The molecule has 0 bridgehead atoms. The molecule has 0 saturated carbocycles. The van der Waals surface area contributed by atoms with E-state index in [1.807, 2.05) is 196 Å². The summed E-state index contributed by atoms with van der Waals surface area (Å²) in [4.78, 5) is 0.767. The average Bonchev–Trinajstić information content (AvgIpc) is 0.796. The van der Waals surface area contributed by atoms with E-state index in [-0.39, 0.29) is 39.9 Å². The number of hydrogen-bond acceptors (Lipinski definition) is 24. The number of anilines is 2. The van der Waals surface area contributed by atoms with Crippen LogP contribution in [-0.2, 0) is 39.0 Å². The first-order valence-electron chi connectivity index (χ1n) is 28.5. The van der Waals surface area contributed by atoms with E-state index in [9.17, 15) is 27.0 Å². The highest BCUT2D eigenvalue weighted by Gasteiger charge is 2.20. The molecule has 0 aliphatic carbocycles. The first kappa shape index (κ1) is 88.6. The van der Waals surface area contributed by atoms with E-state index >= 15 is 0 Å². The number of rotatable bonds is 14. The molecular formula is C62H90N10O14S4. The molecule has 8 aromatic rings. The third-order valence-electron chi connectivity index (χ3n) is 8.88. The molecule has 24 nitrogen and oxygen atoms in total. The fraction of sp³-hybridized carbons (Fsp3) is 0.290. The number of nitrogens with two attached hydrogens (primary N) is 2. The minimum absolute atomic E-state index is 0.0900. The van der Waals surface area contributed by atoms with E-state index in [4.69, 9.17) is 31.1 Å². The molecule has 0 aliphatic heterocycles. The third kappa shape index (κ3) is 36.0. The van der Waals surface area contributed by atoms with Gasteiger partial charge in [0, 0.05) is 0 Å². The fourth-order valence-electron chi connectivity index (χ4n) is 5.93. The van der Waals surface area contributed by atoms with Crippen molar-refractivity contribution in [2.75, 3.05) is 24.0 Å². The Morgan fingerprint density at radius 1 is 0.367 bits per heavy atom. The Morgan fingerprint density at radius 2 is 0.633 bits per heavy atom. The highest BCUT2D eigenvalue weighted by atomic mass is 32.2. The first-order chi connectivity index (χ1) is 43.3. The van der Waals surface area contributed by atoms with Crippen LogP contribution in [0.2, 0.25) is 0 Å². The van der Waals surface area contributed by atoms with Crippen LogP contribution in [-0.4, -0.2) is 59.2 Å². The summed E-state index contributed by atoms with van der Waals surface area (Å²) < 4.78 is 60.9. The maximum atomic E-state index is 11.0. The molecule has 0 radical (unpaired) electrons. The Morgan fingerprint density at radius 3 is 0.956 bits per heavy atom. The van der Waals surface area contributed by atoms with Gasteiger partial charge in [0.15, 0.2) is 11.5 Å². The fourth-order valence-corrected chi connectivity index (χ4v) is 6.93. The molecule has 496 valence electrons. The zero-order valence-corrected chi connectivity index (χ0v) is 57.6. The second-order valence-corrected chi connectivity index (χ2v) is 18.8. The normalized spacial score (nSPS) is 10.1. The minimum Gasteiger partial charge on any atom is -0.505 e. The number of nitrogens with zero attached hydrogens (tertiary/aromatic N) is 8. The molecule has 0 aliphatic rings. The van der Waals surface area contributed by atoms with Gasteiger partial charge in [-0.1, -0.05) is 206 Å². The summed E-state index contributed by atoms with van der Waals surface area (Å²) in [6.45, 7) is 32.0. The van der Waals surface area contributed by atoms with Crippen LogP contribution in [0.4, 0.5) is 56.9 Å². The number of aromatic hydroxyl groups is 2. The van der Waals surface area contributed by atoms with Crippen LogP contribution in [0.25, 0.3) is 21.5 Å². The summed E-state index contributed by atoms with van der Waals surface area (Å²) in [5.41, 5.74) is 16.5. The lowest BCUT2D eigenvalue weighted by Gasteiger charge is -2.12. The summed E-state index contributed by atoms with van der Waals surface area (Å²) >= 11 is 1.36. The Balaban J connectivity index is -0.000000599. The third-order valence-corrected chi connectivity index (χ3v) is 10.1. The lowest BCUT2D eigenvalue weighted by molar-refractivity contribution is -0.432. The van der Waals surface area contributed by atoms with Crippen molar-refractivity contribution in [3.8, 4) is 11.5 Å². The molecule has 0 aromatic heterocycles. The lowest BCUT2D eigenvalue weighted by atomic mass is 10.1. The van der Waals surface area contributed by atoms with Gasteiger partial charge in [-0.05, 0) is 83.6 Å². The molecule has 0 heterocycles. The smallest absolute Gasteiger partial charge is 0.261 e. The van der Waals surface area contributed by atoms with Crippen LogP contribution in [0.1, 0.15) is 111 Å². The molecule has 0 spiro atoms. The zero-order valence-electron chi connectivity index (χ0n) is 54.3. The molecule has 28 heteroatoms. The van der Waals surface area contributed by atoms with Gasteiger partial charge in [0.1, 0.15) is 22.7 Å². The van der Waals surface area contributed by atoms with Gasteiger partial charge in [-0.2, -0.15) is 37.3 Å². The molecule has 0 amide bonds. The molecule has 0 atom stereocenters. The highest BCUT2D eigenvalue weighted by Crippen LogP contribution is 2.49. The Labute approximate surface area is 539 Å². The summed E-state index contributed by atoms with van der Waals surface area (Å²) in [6, 6.07) is 46.5.